The number of hydrogen-bond acceptors (Lipinski definition) is 2. The molecule has 0 aromatic rings. The Morgan fingerprint density at radius 2 is 2.27 bits per heavy atom. The van der Waals surface area contributed by atoms with Crippen molar-refractivity contribution in [2.24, 2.45) is 11.7 Å². The van der Waals surface area contributed by atoms with Crippen LogP contribution in [0.2, 0.25) is 0 Å². The smallest absolute Gasteiger partial charge is 0.0598 e. The Labute approximate surface area is 69.8 Å². The first-order chi connectivity index (χ1) is 5.24. The average molecular weight is 154 g/mol. The van der Waals surface area contributed by atoms with Gasteiger partial charge in [0.25, 0.3) is 0 Å². The van der Waals surface area contributed by atoms with Crippen LogP contribution in [0.3, 0.4) is 0 Å². The first kappa shape index (κ1) is 10.5. The largest absolute Gasteiger partial charge is 0.330 e. The highest BCUT2D eigenvalue weighted by atomic mass is 15.1. The second-order valence-corrected chi connectivity index (χ2v) is 2.87. The second kappa shape index (κ2) is 6.21. The van der Waals surface area contributed by atoms with Gasteiger partial charge >= 0.3 is 0 Å². The second-order valence-electron chi connectivity index (χ2n) is 2.87. The Balaban J connectivity index is 3.60. The highest BCUT2D eigenvalue weighted by Gasteiger charge is 2.04. The predicted molar refractivity (Wildman–Crippen MR) is 49.2 cm³/mol. The molecule has 0 aromatic carbocycles. The van der Waals surface area contributed by atoms with Gasteiger partial charge in [0.2, 0.25) is 0 Å². The van der Waals surface area contributed by atoms with Gasteiger partial charge in [-0.15, -0.1) is 6.42 Å². The summed E-state index contributed by atoms with van der Waals surface area (Å²) in [6.07, 6.45) is 5.20. The van der Waals surface area contributed by atoms with Crippen molar-refractivity contribution in [1.29, 1.82) is 0 Å². The fraction of sp³-hybridized carbons (Fsp3) is 0.778. The summed E-state index contributed by atoms with van der Waals surface area (Å²) in [6.45, 7) is 7.74. The third-order valence-electron chi connectivity index (χ3n) is 1.73. The minimum atomic E-state index is 0.545. The molecular formula is C9H18N2. The molecule has 2 heteroatoms. The predicted octanol–water partition coefficient (Wildman–Crippen LogP) is 0.536. The molecule has 0 aromatic heterocycles. The summed E-state index contributed by atoms with van der Waals surface area (Å²) in [4.78, 5) is 2.22. The van der Waals surface area contributed by atoms with E-state index in [1.165, 1.54) is 0 Å². The molecule has 2 nitrogen and oxygen atoms in total. The zero-order valence-corrected chi connectivity index (χ0v) is 7.51. The van der Waals surface area contributed by atoms with Crippen LogP contribution in [0, 0.1) is 18.3 Å². The molecule has 11 heavy (non-hydrogen) atoms. The number of nitrogens with two attached hydrogens (primary N) is 1. The number of terminal acetylenes is 1. The molecule has 0 rings (SSSR count). The lowest BCUT2D eigenvalue weighted by Gasteiger charge is -2.20. The Morgan fingerprint density at radius 3 is 2.64 bits per heavy atom. The molecule has 0 aliphatic rings. The van der Waals surface area contributed by atoms with Crippen molar-refractivity contribution in [1.82, 2.24) is 4.90 Å². The lowest BCUT2D eigenvalue weighted by atomic mass is 10.2. The molecule has 0 saturated heterocycles. The van der Waals surface area contributed by atoms with E-state index in [0.717, 1.165) is 26.2 Å². The van der Waals surface area contributed by atoms with Crippen molar-refractivity contribution in [2.75, 3.05) is 26.2 Å². The Bertz CT molecular complexity index is 126. The van der Waals surface area contributed by atoms with Gasteiger partial charge in [0.05, 0.1) is 6.54 Å². The highest BCUT2D eigenvalue weighted by molar-refractivity contribution is 4.88. The van der Waals surface area contributed by atoms with E-state index in [4.69, 9.17) is 12.2 Å². The van der Waals surface area contributed by atoms with Crippen LogP contribution in [0.4, 0.5) is 0 Å². The topological polar surface area (TPSA) is 29.3 Å². The molecule has 1 unspecified atom stereocenters. The molecule has 64 valence electrons. The van der Waals surface area contributed by atoms with E-state index in [2.05, 4.69) is 24.7 Å². The molecule has 0 spiro atoms. The Kier molecular flexibility index (Phi) is 5.91. The number of nitrogens with zero attached hydrogens (tertiary/aromatic N) is 1. The van der Waals surface area contributed by atoms with Crippen LogP contribution in [-0.2, 0) is 0 Å². The fourth-order valence-corrected chi connectivity index (χ4v) is 0.950. The van der Waals surface area contributed by atoms with Crippen LogP contribution in [0.15, 0.2) is 0 Å². The van der Waals surface area contributed by atoms with Gasteiger partial charge in [-0.2, -0.15) is 0 Å². The van der Waals surface area contributed by atoms with Crippen LogP contribution in [0.25, 0.3) is 0 Å². The summed E-state index contributed by atoms with van der Waals surface area (Å²) in [6, 6.07) is 0. The maximum absolute atomic E-state index is 5.49. The van der Waals surface area contributed by atoms with E-state index in [9.17, 15) is 0 Å². The van der Waals surface area contributed by atoms with Gasteiger partial charge in [0.15, 0.2) is 0 Å². The molecule has 0 amide bonds. The van der Waals surface area contributed by atoms with E-state index < -0.39 is 0 Å². The summed E-state index contributed by atoms with van der Waals surface area (Å²) in [5.74, 6) is 3.18. The van der Waals surface area contributed by atoms with Gasteiger partial charge in [-0.05, 0) is 19.0 Å². The molecule has 1 atom stereocenters. The van der Waals surface area contributed by atoms with Crippen LogP contribution in [0.5, 0.6) is 0 Å². The molecule has 0 radical (unpaired) electrons. The molecule has 0 fully saturated rings. The van der Waals surface area contributed by atoms with Gasteiger partial charge in [0.1, 0.15) is 0 Å². The molecule has 2 N–H and O–H groups in total. The van der Waals surface area contributed by atoms with Gasteiger partial charge < -0.3 is 5.73 Å². The average Bonchev–Trinajstić information content (AvgIpc) is 2.03. The Morgan fingerprint density at radius 1 is 1.64 bits per heavy atom. The van der Waals surface area contributed by atoms with Crippen molar-refractivity contribution in [3.63, 3.8) is 0 Å². The quantitative estimate of drug-likeness (QED) is 0.585. The van der Waals surface area contributed by atoms with E-state index >= 15 is 0 Å². The van der Waals surface area contributed by atoms with Crippen molar-refractivity contribution in [2.45, 2.75) is 13.8 Å². The molecule has 0 bridgehead atoms. The zero-order chi connectivity index (χ0) is 8.69. The number of rotatable bonds is 5. The molecular weight excluding hydrogens is 136 g/mol. The molecule has 0 aliphatic heterocycles. The van der Waals surface area contributed by atoms with Gasteiger partial charge in [-0.25, -0.2) is 0 Å². The first-order valence-electron chi connectivity index (χ1n) is 4.10. The van der Waals surface area contributed by atoms with E-state index in [0.29, 0.717) is 5.92 Å². The standard InChI is InChI=1S/C9H18N2/c1-4-6-11(5-2)8-9(3)7-10/h1,9H,5-8,10H2,2-3H3. The lowest BCUT2D eigenvalue weighted by Crippen LogP contribution is -2.31. The van der Waals surface area contributed by atoms with Crippen LogP contribution < -0.4 is 5.73 Å². The normalized spacial score (nSPS) is 13.0. The summed E-state index contributed by atoms with van der Waals surface area (Å²) >= 11 is 0. The SMILES string of the molecule is C#CCN(CC)CC(C)CN. The van der Waals surface area contributed by atoms with E-state index in [-0.39, 0.29) is 0 Å². The molecule has 0 heterocycles. The minimum Gasteiger partial charge on any atom is -0.330 e. The minimum absolute atomic E-state index is 0.545. The van der Waals surface area contributed by atoms with E-state index in [1.54, 1.807) is 0 Å². The summed E-state index contributed by atoms with van der Waals surface area (Å²) in [5.41, 5.74) is 5.49. The summed E-state index contributed by atoms with van der Waals surface area (Å²) in [5, 5.41) is 0. The zero-order valence-electron chi connectivity index (χ0n) is 7.51. The van der Waals surface area contributed by atoms with Crippen molar-refractivity contribution in [3.05, 3.63) is 0 Å². The van der Waals surface area contributed by atoms with Crippen molar-refractivity contribution in [3.8, 4) is 12.3 Å². The van der Waals surface area contributed by atoms with E-state index in [1.807, 2.05) is 0 Å². The third kappa shape index (κ3) is 4.83. The van der Waals surface area contributed by atoms with Crippen LogP contribution in [-0.4, -0.2) is 31.1 Å². The van der Waals surface area contributed by atoms with Gasteiger partial charge in [-0.3, -0.25) is 4.90 Å². The third-order valence-corrected chi connectivity index (χ3v) is 1.73. The first-order valence-corrected chi connectivity index (χ1v) is 4.10. The Hall–Kier alpha value is -0.520. The molecule has 0 saturated carbocycles. The monoisotopic (exact) mass is 154 g/mol. The highest BCUT2D eigenvalue weighted by Crippen LogP contribution is 1.96. The van der Waals surface area contributed by atoms with Crippen molar-refractivity contribution >= 4 is 0 Å². The molecule has 0 aliphatic carbocycles. The van der Waals surface area contributed by atoms with Crippen LogP contribution >= 0.6 is 0 Å². The maximum Gasteiger partial charge on any atom is 0.0598 e. The lowest BCUT2D eigenvalue weighted by molar-refractivity contribution is 0.280. The fourth-order valence-electron chi connectivity index (χ4n) is 0.950. The van der Waals surface area contributed by atoms with Crippen LogP contribution in [0.1, 0.15) is 13.8 Å². The van der Waals surface area contributed by atoms with Gasteiger partial charge in [0, 0.05) is 6.54 Å². The van der Waals surface area contributed by atoms with Crippen molar-refractivity contribution < 1.29 is 0 Å². The van der Waals surface area contributed by atoms with Gasteiger partial charge in [-0.1, -0.05) is 19.8 Å². The summed E-state index contributed by atoms with van der Waals surface area (Å²) < 4.78 is 0. The number of hydrogen-bond donors (Lipinski definition) is 1. The maximum atomic E-state index is 5.49. The summed E-state index contributed by atoms with van der Waals surface area (Å²) in [7, 11) is 0.